The highest BCUT2D eigenvalue weighted by molar-refractivity contribution is 7.89. The molecule has 1 aliphatic heterocycles. The van der Waals surface area contributed by atoms with E-state index in [4.69, 9.17) is 5.11 Å². The van der Waals surface area contributed by atoms with Crippen LogP contribution in [0.3, 0.4) is 0 Å². The molecule has 1 N–H and O–H groups in total. The molecular weight excluding hydrogens is 368 g/mol. The summed E-state index contributed by atoms with van der Waals surface area (Å²) in [6.45, 7) is 4.62. The summed E-state index contributed by atoms with van der Waals surface area (Å²) in [5, 5.41) is 9.08. The number of aliphatic carboxylic acids is 1. The van der Waals surface area contributed by atoms with Crippen molar-refractivity contribution in [1.82, 2.24) is 9.21 Å². The van der Waals surface area contributed by atoms with E-state index >= 15 is 0 Å². The number of rotatable bonds is 7. The zero-order chi connectivity index (χ0) is 20.0. The first kappa shape index (κ1) is 21.4. The van der Waals surface area contributed by atoms with E-state index in [0.29, 0.717) is 13.1 Å². The van der Waals surface area contributed by atoms with Gasteiger partial charge in [0.1, 0.15) is 6.54 Å². The van der Waals surface area contributed by atoms with Crippen LogP contribution in [0, 0.1) is 5.92 Å². The number of sulfonamides is 1. The Hall–Kier alpha value is -1.93. The molecule has 1 aliphatic rings. The van der Waals surface area contributed by atoms with Crippen molar-refractivity contribution in [2.45, 2.75) is 44.4 Å². The third-order valence-electron chi connectivity index (χ3n) is 4.48. The first-order valence-electron chi connectivity index (χ1n) is 9.33. The smallest absolute Gasteiger partial charge is 0.323 e. The van der Waals surface area contributed by atoms with E-state index in [2.05, 4.69) is 0 Å². The van der Waals surface area contributed by atoms with Crippen LogP contribution in [-0.4, -0.2) is 60.8 Å². The number of hydrogen-bond acceptors (Lipinski definition) is 4. The Kier molecular flexibility index (Phi) is 7.38. The average molecular weight is 397 g/mol. The predicted octanol–water partition coefficient (Wildman–Crippen LogP) is 2.43. The van der Waals surface area contributed by atoms with E-state index in [1.807, 2.05) is 13.8 Å². The first-order valence-corrected chi connectivity index (χ1v) is 10.8. The number of hydrogen-bond donors (Lipinski definition) is 1. The number of benzene rings is 1. The standard InChI is InChI=1S/C19H28N2O5S/c1-15(2)13-20(14-18(22)23)19(24)16-8-7-9-17(12-16)27(25,26)21-10-5-3-4-6-11-21/h7-9,12,15H,3-6,10-11,13-14H2,1-2H3,(H,22,23). The van der Waals surface area contributed by atoms with Crippen LogP contribution in [0.2, 0.25) is 0 Å². The van der Waals surface area contributed by atoms with Crippen molar-refractivity contribution in [1.29, 1.82) is 0 Å². The second kappa shape index (κ2) is 9.32. The summed E-state index contributed by atoms with van der Waals surface area (Å²) in [6, 6.07) is 5.91. The molecule has 1 fully saturated rings. The molecular formula is C19H28N2O5S. The quantitative estimate of drug-likeness (QED) is 0.764. The van der Waals surface area contributed by atoms with Crippen LogP contribution < -0.4 is 0 Å². The first-order chi connectivity index (χ1) is 12.7. The van der Waals surface area contributed by atoms with Gasteiger partial charge in [-0.05, 0) is 37.0 Å². The molecule has 2 rings (SSSR count). The third kappa shape index (κ3) is 5.77. The van der Waals surface area contributed by atoms with Gasteiger partial charge in [0.15, 0.2) is 0 Å². The molecule has 0 spiro atoms. The topological polar surface area (TPSA) is 95.0 Å². The molecule has 1 saturated heterocycles. The van der Waals surface area contributed by atoms with Crippen molar-refractivity contribution in [3.8, 4) is 0 Å². The SMILES string of the molecule is CC(C)CN(CC(=O)O)C(=O)c1cccc(S(=O)(=O)N2CCCCCC2)c1. The minimum Gasteiger partial charge on any atom is -0.480 e. The van der Waals surface area contributed by atoms with Gasteiger partial charge in [0.25, 0.3) is 5.91 Å². The number of amides is 1. The van der Waals surface area contributed by atoms with Crippen molar-refractivity contribution in [3.05, 3.63) is 29.8 Å². The molecule has 27 heavy (non-hydrogen) atoms. The van der Waals surface area contributed by atoms with Crippen LogP contribution in [0.4, 0.5) is 0 Å². The Labute approximate surface area is 161 Å². The van der Waals surface area contributed by atoms with Crippen LogP contribution in [0.1, 0.15) is 49.9 Å². The Balaban J connectivity index is 2.29. The molecule has 0 unspecified atom stereocenters. The maximum absolute atomic E-state index is 12.9. The second-order valence-corrected chi connectivity index (χ2v) is 9.26. The molecule has 0 aliphatic carbocycles. The Bertz CT molecular complexity index is 768. The Morgan fingerprint density at radius 3 is 2.33 bits per heavy atom. The lowest BCUT2D eigenvalue weighted by molar-refractivity contribution is -0.137. The highest BCUT2D eigenvalue weighted by atomic mass is 32.2. The summed E-state index contributed by atoms with van der Waals surface area (Å²) in [6.07, 6.45) is 3.70. The zero-order valence-electron chi connectivity index (χ0n) is 15.9. The molecule has 0 saturated carbocycles. The van der Waals surface area contributed by atoms with E-state index in [1.54, 1.807) is 0 Å². The summed E-state index contributed by atoms with van der Waals surface area (Å²) < 4.78 is 27.4. The van der Waals surface area contributed by atoms with Crippen molar-refractivity contribution >= 4 is 21.9 Å². The predicted molar refractivity (Wildman–Crippen MR) is 102 cm³/mol. The maximum atomic E-state index is 12.9. The normalized spacial score (nSPS) is 16.1. The van der Waals surface area contributed by atoms with E-state index in [9.17, 15) is 18.0 Å². The molecule has 0 radical (unpaired) electrons. The van der Waals surface area contributed by atoms with Gasteiger partial charge in [0, 0.05) is 25.2 Å². The third-order valence-corrected chi connectivity index (χ3v) is 6.38. The molecule has 150 valence electrons. The van der Waals surface area contributed by atoms with Crippen molar-refractivity contribution in [2.24, 2.45) is 5.92 Å². The number of nitrogens with zero attached hydrogens (tertiary/aromatic N) is 2. The Morgan fingerprint density at radius 1 is 1.15 bits per heavy atom. The number of carboxylic acids is 1. The average Bonchev–Trinajstić information content (AvgIpc) is 2.90. The highest BCUT2D eigenvalue weighted by Crippen LogP contribution is 2.22. The Morgan fingerprint density at radius 2 is 1.78 bits per heavy atom. The summed E-state index contributed by atoms with van der Waals surface area (Å²) in [7, 11) is -3.67. The molecule has 1 aromatic carbocycles. The van der Waals surface area contributed by atoms with Gasteiger partial charge in [-0.1, -0.05) is 32.8 Å². The molecule has 1 heterocycles. The van der Waals surface area contributed by atoms with E-state index in [1.165, 1.54) is 33.5 Å². The van der Waals surface area contributed by atoms with Crippen LogP contribution >= 0.6 is 0 Å². The summed E-state index contributed by atoms with van der Waals surface area (Å²) in [5.41, 5.74) is 0.188. The molecule has 1 aromatic rings. The minimum absolute atomic E-state index is 0.0788. The number of carbonyl (C=O) groups is 2. The molecule has 0 aromatic heterocycles. The lowest BCUT2D eigenvalue weighted by atomic mass is 10.1. The van der Waals surface area contributed by atoms with Gasteiger partial charge >= 0.3 is 5.97 Å². The second-order valence-electron chi connectivity index (χ2n) is 7.32. The van der Waals surface area contributed by atoms with Crippen LogP contribution in [0.25, 0.3) is 0 Å². The minimum atomic E-state index is -3.67. The summed E-state index contributed by atoms with van der Waals surface area (Å²) in [4.78, 5) is 25.2. The zero-order valence-corrected chi connectivity index (χ0v) is 16.7. The summed E-state index contributed by atoms with van der Waals surface area (Å²) >= 11 is 0. The molecule has 0 atom stereocenters. The van der Waals surface area contributed by atoms with Gasteiger partial charge in [-0.25, -0.2) is 8.42 Å². The van der Waals surface area contributed by atoms with Gasteiger partial charge in [-0.2, -0.15) is 4.31 Å². The van der Waals surface area contributed by atoms with E-state index in [-0.39, 0.29) is 22.9 Å². The highest BCUT2D eigenvalue weighted by Gasteiger charge is 2.27. The maximum Gasteiger partial charge on any atom is 0.323 e. The molecule has 8 heteroatoms. The lowest BCUT2D eigenvalue weighted by Gasteiger charge is -2.24. The monoisotopic (exact) mass is 396 g/mol. The fourth-order valence-electron chi connectivity index (χ4n) is 3.23. The fourth-order valence-corrected chi connectivity index (χ4v) is 4.79. The largest absolute Gasteiger partial charge is 0.480 e. The van der Waals surface area contributed by atoms with Crippen molar-refractivity contribution in [2.75, 3.05) is 26.2 Å². The lowest BCUT2D eigenvalue weighted by Crippen LogP contribution is -2.38. The number of carbonyl (C=O) groups excluding carboxylic acids is 1. The summed E-state index contributed by atoms with van der Waals surface area (Å²) in [5.74, 6) is -1.48. The van der Waals surface area contributed by atoms with Gasteiger partial charge < -0.3 is 10.0 Å². The van der Waals surface area contributed by atoms with Crippen molar-refractivity contribution in [3.63, 3.8) is 0 Å². The van der Waals surface area contributed by atoms with Crippen LogP contribution in [0.15, 0.2) is 29.2 Å². The van der Waals surface area contributed by atoms with Crippen molar-refractivity contribution < 1.29 is 23.1 Å². The van der Waals surface area contributed by atoms with E-state index in [0.717, 1.165) is 25.7 Å². The van der Waals surface area contributed by atoms with Crippen LogP contribution in [-0.2, 0) is 14.8 Å². The van der Waals surface area contributed by atoms with Gasteiger partial charge in [-0.3, -0.25) is 9.59 Å². The number of carboxylic acid groups (broad SMARTS) is 1. The molecule has 1 amide bonds. The van der Waals surface area contributed by atoms with E-state index < -0.39 is 28.4 Å². The van der Waals surface area contributed by atoms with Gasteiger partial charge in [0.2, 0.25) is 10.0 Å². The molecule has 0 bridgehead atoms. The van der Waals surface area contributed by atoms with Crippen LogP contribution in [0.5, 0.6) is 0 Å². The fraction of sp³-hybridized carbons (Fsp3) is 0.579. The van der Waals surface area contributed by atoms with Gasteiger partial charge in [0.05, 0.1) is 4.90 Å². The van der Waals surface area contributed by atoms with Gasteiger partial charge in [-0.15, -0.1) is 0 Å². The molecule has 7 nitrogen and oxygen atoms in total.